The molecule has 18 heavy (non-hydrogen) atoms. The highest BCUT2D eigenvalue weighted by atomic mass is 16.5. The van der Waals surface area contributed by atoms with E-state index in [0.717, 1.165) is 12.0 Å². The highest BCUT2D eigenvalue weighted by Gasteiger charge is 2.02. The molecule has 0 bridgehead atoms. The van der Waals surface area contributed by atoms with Crippen LogP contribution < -0.4 is 0 Å². The number of carbonyl (C=O) groups excluding carboxylic acids is 1. The van der Waals surface area contributed by atoms with Crippen molar-refractivity contribution >= 4 is 5.97 Å². The van der Waals surface area contributed by atoms with Crippen molar-refractivity contribution in [3.05, 3.63) is 47.5 Å². The minimum absolute atomic E-state index is 0.249. The number of hydrogen-bond acceptors (Lipinski definition) is 3. The topological polar surface area (TPSA) is 35.5 Å². The number of benzene rings is 1. The maximum Gasteiger partial charge on any atom is 0.333 e. The minimum atomic E-state index is -0.249. The lowest BCUT2D eigenvalue weighted by molar-refractivity contribution is -0.138. The van der Waals surface area contributed by atoms with E-state index < -0.39 is 0 Å². The predicted molar refractivity (Wildman–Crippen MR) is 71.1 cm³/mol. The standard InChI is InChI=1S/C15H20O3/c1-3-18-15(16)13(2)8-7-11-17-12-14-9-5-4-6-10-14/h4-6,8-10H,3,7,11-12H2,1-2H3/b13-8+. The summed E-state index contributed by atoms with van der Waals surface area (Å²) in [4.78, 5) is 11.3. The summed E-state index contributed by atoms with van der Waals surface area (Å²) >= 11 is 0. The molecule has 3 heteroatoms. The Kier molecular flexibility index (Phi) is 6.81. The van der Waals surface area contributed by atoms with E-state index in [4.69, 9.17) is 9.47 Å². The van der Waals surface area contributed by atoms with E-state index in [-0.39, 0.29) is 5.97 Å². The molecule has 0 spiro atoms. The van der Waals surface area contributed by atoms with Gasteiger partial charge in [0, 0.05) is 5.57 Å². The van der Waals surface area contributed by atoms with Crippen molar-refractivity contribution in [2.75, 3.05) is 13.2 Å². The molecule has 0 aliphatic carbocycles. The lowest BCUT2D eigenvalue weighted by Crippen LogP contribution is -2.05. The molecule has 1 aromatic carbocycles. The first-order valence-corrected chi connectivity index (χ1v) is 6.19. The van der Waals surface area contributed by atoms with Crippen LogP contribution >= 0.6 is 0 Å². The third kappa shape index (κ3) is 5.64. The zero-order valence-corrected chi connectivity index (χ0v) is 11.0. The fraction of sp³-hybridized carbons (Fsp3) is 0.400. The molecule has 1 aromatic rings. The van der Waals surface area contributed by atoms with Gasteiger partial charge in [-0.1, -0.05) is 36.4 Å². The summed E-state index contributed by atoms with van der Waals surface area (Å²) in [5.41, 5.74) is 1.80. The van der Waals surface area contributed by atoms with Crippen molar-refractivity contribution in [2.24, 2.45) is 0 Å². The Morgan fingerprint density at radius 2 is 2.00 bits per heavy atom. The predicted octanol–water partition coefficient (Wildman–Crippen LogP) is 3.10. The molecule has 0 atom stereocenters. The first-order chi connectivity index (χ1) is 8.74. The number of rotatable bonds is 7. The molecule has 3 nitrogen and oxygen atoms in total. The van der Waals surface area contributed by atoms with Crippen LogP contribution in [0.1, 0.15) is 25.8 Å². The normalized spacial score (nSPS) is 11.3. The lowest BCUT2D eigenvalue weighted by atomic mass is 10.2. The number of ether oxygens (including phenoxy) is 2. The molecule has 0 aromatic heterocycles. The SMILES string of the molecule is CCOC(=O)/C(C)=C/CCOCc1ccccc1. The van der Waals surface area contributed by atoms with E-state index in [1.54, 1.807) is 13.8 Å². The van der Waals surface area contributed by atoms with Crippen LogP contribution in [-0.4, -0.2) is 19.2 Å². The second-order valence-corrected chi connectivity index (χ2v) is 3.93. The summed E-state index contributed by atoms with van der Waals surface area (Å²) in [6.45, 7) is 5.18. The molecule has 0 saturated heterocycles. The summed E-state index contributed by atoms with van der Waals surface area (Å²) in [7, 11) is 0. The Morgan fingerprint density at radius 3 is 2.67 bits per heavy atom. The third-order valence-electron chi connectivity index (χ3n) is 2.42. The van der Waals surface area contributed by atoms with Gasteiger partial charge in [0.1, 0.15) is 0 Å². The molecule has 0 radical (unpaired) electrons. The Labute approximate surface area is 108 Å². The van der Waals surface area contributed by atoms with E-state index >= 15 is 0 Å². The van der Waals surface area contributed by atoms with Crippen LogP contribution in [-0.2, 0) is 20.9 Å². The number of carbonyl (C=O) groups is 1. The molecule has 0 aliphatic rings. The molecule has 98 valence electrons. The Bertz CT molecular complexity index is 382. The second kappa shape index (κ2) is 8.48. The monoisotopic (exact) mass is 248 g/mol. The van der Waals surface area contributed by atoms with Gasteiger partial charge in [-0.05, 0) is 25.8 Å². The second-order valence-electron chi connectivity index (χ2n) is 3.93. The molecule has 0 saturated carbocycles. The summed E-state index contributed by atoms with van der Waals surface area (Å²) < 4.78 is 10.4. The van der Waals surface area contributed by atoms with Gasteiger partial charge >= 0.3 is 5.97 Å². The van der Waals surface area contributed by atoms with E-state index in [2.05, 4.69) is 0 Å². The van der Waals surface area contributed by atoms with Crippen LogP contribution in [0.3, 0.4) is 0 Å². The smallest absolute Gasteiger partial charge is 0.333 e. The lowest BCUT2D eigenvalue weighted by Gasteiger charge is -2.03. The van der Waals surface area contributed by atoms with Gasteiger partial charge in [0.25, 0.3) is 0 Å². The minimum Gasteiger partial charge on any atom is -0.463 e. The van der Waals surface area contributed by atoms with Gasteiger partial charge in [-0.2, -0.15) is 0 Å². The highest BCUT2D eigenvalue weighted by molar-refractivity contribution is 5.87. The zero-order valence-electron chi connectivity index (χ0n) is 11.0. The van der Waals surface area contributed by atoms with Gasteiger partial charge in [0.15, 0.2) is 0 Å². The first-order valence-electron chi connectivity index (χ1n) is 6.19. The number of hydrogen-bond donors (Lipinski definition) is 0. The quantitative estimate of drug-likeness (QED) is 0.422. The van der Waals surface area contributed by atoms with Crippen molar-refractivity contribution in [3.63, 3.8) is 0 Å². The average molecular weight is 248 g/mol. The fourth-order valence-corrected chi connectivity index (χ4v) is 1.45. The molecule has 0 heterocycles. The molecular formula is C15H20O3. The van der Waals surface area contributed by atoms with Crippen LogP contribution in [0.5, 0.6) is 0 Å². The highest BCUT2D eigenvalue weighted by Crippen LogP contribution is 2.03. The summed E-state index contributed by atoms with van der Waals surface area (Å²) in [6, 6.07) is 10.0. The third-order valence-corrected chi connectivity index (χ3v) is 2.42. The van der Waals surface area contributed by atoms with Crippen LogP contribution in [0.25, 0.3) is 0 Å². The van der Waals surface area contributed by atoms with E-state index in [0.29, 0.717) is 25.4 Å². The van der Waals surface area contributed by atoms with Crippen molar-refractivity contribution in [3.8, 4) is 0 Å². The average Bonchev–Trinajstić information content (AvgIpc) is 2.39. The fourth-order valence-electron chi connectivity index (χ4n) is 1.45. The van der Waals surface area contributed by atoms with Crippen LogP contribution in [0, 0.1) is 0 Å². The van der Waals surface area contributed by atoms with Gasteiger partial charge in [-0.3, -0.25) is 0 Å². The van der Waals surface area contributed by atoms with Crippen LogP contribution in [0.4, 0.5) is 0 Å². The maximum absolute atomic E-state index is 11.3. The zero-order chi connectivity index (χ0) is 13.2. The molecule has 0 aliphatic heterocycles. The van der Waals surface area contributed by atoms with Crippen molar-refractivity contribution < 1.29 is 14.3 Å². The van der Waals surface area contributed by atoms with Gasteiger partial charge in [-0.25, -0.2) is 4.79 Å². The first kappa shape index (κ1) is 14.5. The van der Waals surface area contributed by atoms with Gasteiger partial charge in [-0.15, -0.1) is 0 Å². The van der Waals surface area contributed by atoms with Gasteiger partial charge in [0.2, 0.25) is 0 Å². The Balaban J connectivity index is 2.18. The van der Waals surface area contributed by atoms with Crippen molar-refractivity contribution in [1.29, 1.82) is 0 Å². The van der Waals surface area contributed by atoms with Crippen LogP contribution in [0.15, 0.2) is 42.0 Å². The molecule has 0 N–H and O–H groups in total. The van der Waals surface area contributed by atoms with E-state index in [1.807, 2.05) is 36.4 Å². The van der Waals surface area contributed by atoms with Crippen molar-refractivity contribution in [2.45, 2.75) is 26.9 Å². The Morgan fingerprint density at radius 1 is 1.28 bits per heavy atom. The molecule has 0 fully saturated rings. The van der Waals surface area contributed by atoms with Crippen molar-refractivity contribution in [1.82, 2.24) is 0 Å². The summed E-state index contributed by atoms with van der Waals surface area (Å²) in [6.07, 6.45) is 2.57. The molecule has 0 unspecified atom stereocenters. The van der Waals surface area contributed by atoms with E-state index in [1.165, 1.54) is 0 Å². The van der Waals surface area contributed by atoms with Gasteiger partial charge < -0.3 is 9.47 Å². The number of esters is 1. The van der Waals surface area contributed by atoms with Gasteiger partial charge in [0.05, 0.1) is 19.8 Å². The van der Waals surface area contributed by atoms with E-state index in [9.17, 15) is 4.79 Å². The molecular weight excluding hydrogens is 228 g/mol. The largest absolute Gasteiger partial charge is 0.463 e. The molecule has 0 amide bonds. The Hall–Kier alpha value is -1.61. The summed E-state index contributed by atoms with van der Waals surface area (Å²) in [5, 5.41) is 0. The maximum atomic E-state index is 11.3. The summed E-state index contributed by atoms with van der Waals surface area (Å²) in [5.74, 6) is -0.249. The van der Waals surface area contributed by atoms with Crippen LogP contribution in [0.2, 0.25) is 0 Å². The molecule has 1 rings (SSSR count).